The van der Waals surface area contributed by atoms with Crippen LogP contribution in [0, 0.1) is 11.7 Å². The van der Waals surface area contributed by atoms with Crippen LogP contribution in [0.5, 0.6) is 0 Å². The average Bonchev–Trinajstić information content (AvgIpc) is 3.33. The van der Waals surface area contributed by atoms with E-state index in [9.17, 15) is 9.18 Å². The van der Waals surface area contributed by atoms with Crippen LogP contribution in [0.4, 0.5) is 10.2 Å². The Bertz CT molecular complexity index is 670. The number of rotatable bonds is 5. The van der Waals surface area contributed by atoms with Gasteiger partial charge in [0.2, 0.25) is 0 Å². The van der Waals surface area contributed by atoms with E-state index >= 15 is 0 Å². The molecule has 1 aromatic heterocycles. The Morgan fingerprint density at radius 2 is 1.91 bits per heavy atom. The van der Waals surface area contributed by atoms with Gasteiger partial charge in [0.25, 0.3) is 5.91 Å². The van der Waals surface area contributed by atoms with Crippen molar-refractivity contribution in [3.63, 3.8) is 0 Å². The molecule has 0 unspecified atom stereocenters. The molecule has 5 nitrogen and oxygen atoms in total. The van der Waals surface area contributed by atoms with Gasteiger partial charge in [0.15, 0.2) is 11.5 Å². The minimum Gasteiger partial charge on any atom is -0.382 e. The van der Waals surface area contributed by atoms with Gasteiger partial charge in [0.05, 0.1) is 0 Å². The molecule has 0 spiro atoms. The Morgan fingerprint density at radius 3 is 2.55 bits per heavy atom. The third-order valence-corrected chi connectivity index (χ3v) is 3.68. The van der Waals surface area contributed by atoms with E-state index in [0.717, 1.165) is 18.4 Å². The fourth-order valence-corrected chi connectivity index (χ4v) is 2.30. The molecule has 3 rings (SSSR count). The average molecular weight is 300 g/mol. The molecule has 0 bridgehead atoms. The zero-order valence-electron chi connectivity index (χ0n) is 12.1. The smallest absolute Gasteiger partial charge is 0.276 e. The van der Waals surface area contributed by atoms with Crippen molar-refractivity contribution in [2.24, 2.45) is 5.92 Å². The van der Waals surface area contributed by atoms with Gasteiger partial charge in [-0.15, -0.1) is 0 Å². The highest BCUT2D eigenvalue weighted by Gasteiger charge is 2.28. The molecule has 0 atom stereocenters. The Labute approximate surface area is 128 Å². The van der Waals surface area contributed by atoms with Crippen molar-refractivity contribution in [2.75, 3.05) is 12.3 Å². The number of anilines is 1. The standard InChI is InChI=1S/C16H17FN4O/c17-13-5-3-12(4-6-13)10-21(9-11-1-2-11)16(22)14-15(18)20-8-7-19-14/h3-8,11H,1-2,9-10H2,(H2,18,20). The van der Waals surface area contributed by atoms with Crippen molar-refractivity contribution in [2.45, 2.75) is 19.4 Å². The van der Waals surface area contributed by atoms with Crippen molar-refractivity contribution in [1.82, 2.24) is 14.9 Å². The van der Waals surface area contributed by atoms with Gasteiger partial charge in [-0.1, -0.05) is 12.1 Å². The molecule has 1 heterocycles. The van der Waals surface area contributed by atoms with Crippen LogP contribution >= 0.6 is 0 Å². The second-order valence-electron chi connectivity index (χ2n) is 5.55. The topological polar surface area (TPSA) is 72.1 Å². The summed E-state index contributed by atoms with van der Waals surface area (Å²) < 4.78 is 13.0. The maximum absolute atomic E-state index is 13.0. The highest BCUT2D eigenvalue weighted by molar-refractivity contribution is 5.96. The van der Waals surface area contributed by atoms with E-state index in [0.29, 0.717) is 19.0 Å². The van der Waals surface area contributed by atoms with Crippen LogP contribution in [0.1, 0.15) is 28.9 Å². The van der Waals surface area contributed by atoms with Crippen molar-refractivity contribution in [3.05, 3.63) is 53.7 Å². The molecule has 1 saturated carbocycles. The molecule has 114 valence electrons. The number of carbonyl (C=O) groups is 1. The van der Waals surface area contributed by atoms with Crippen molar-refractivity contribution in [1.29, 1.82) is 0 Å². The van der Waals surface area contributed by atoms with E-state index in [1.807, 2.05) is 0 Å². The first-order chi connectivity index (χ1) is 10.6. The third kappa shape index (κ3) is 3.39. The zero-order valence-corrected chi connectivity index (χ0v) is 12.1. The molecular weight excluding hydrogens is 283 g/mol. The molecule has 1 amide bonds. The Kier molecular flexibility index (Phi) is 4.00. The molecule has 0 saturated heterocycles. The predicted octanol–water partition coefficient (Wildman–Crippen LogP) is 2.25. The second-order valence-corrected chi connectivity index (χ2v) is 5.55. The Balaban J connectivity index is 1.81. The summed E-state index contributed by atoms with van der Waals surface area (Å²) in [7, 11) is 0. The molecule has 1 fully saturated rings. The molecule has 0 aliphatic heterocycles. The summed E-state index contributed by atoms with van der Waals surface area (Å²) in [6, 6.07) is 6.16. The zero-order chi connectivity index (χ0) is 15.5. The van der Waals surface area contributed by atoms with E-state index in [-0.39, 0.29) is 23.2 Å². The summed E-state index contributed by atoms with van der Waals surface area (Å²) in [4.78, 5) is 22.3. The van der Waals surface area contributed by atoms with Crippen LogP contribution in [-0.4, -0.2) is 27.3 Å². The van der Waals surface area contributed by atoms with E-state index in [4.69, 9.17) is 5.73 Å². The van der Waals surface area contributed by atoms with Gasteiger partial charge in [-0.2, -0.15) is 0 Å². The van der Waals surface area contributed by atoms with Crippen LogP contribution in [0.3, 0.4) is 0 Å². The minimum absolute atomic E-state index is 0.132. The van der Waals surface area contributed by atoms with Crippen LogP contribution in [0.15, 0.2) is 36.7 Å². The van der Waals surface area contributed by atoms with Gasteiger partial charge in [-0.25, -0.2) is 14.4 Å². The molecule has 22 heavy (non-hydrogen) atoms. The number of amides is 1. The van der Waals surface area contributed by atoms with E-state index in [2.05, 4.69) is 9.97 Å². The maximum Gasteiger partial charge on any atom is 0.276 e. The molecule has 1 aliphatic rings. The molecule has 6 heteroatoms. The fourth-order valence-electron chi connectivity index (χ4n) is 2.30. The summed E-state index contributed by atoms with van der Waals surface area (Å²) in [5.74, 6) is 0.138. The Morgan fingerprint density at radius 1 is 1.23 bits per heavy atom. The number of nitrogens with zero attached hydrogens (tertiary/aromatic N) is 3. The van der Waals surface area contributed by atoms with Gasteiger partial charge >= 0.3 is 0 Å². The first kappa shape index (κ1) is 14.4. The van der Waals surface area contributed by atoms with Gasteiger partial charge in [-0.3, -0.25) is 4.79 Å². The summed E-state index contributed by atoms with van der Waals surface area (Å²) in [5, 5.41) is 0. The number of benzene rings is 1. The third-order valence-electron chi connectivity index (χ3n) is 3.68. The monoisotopic (exact) mass is 300 g/mol. The first-order valence-corrected chi connectivity index (χ1v) is 7.23. The molecule has 2 N–H and O–H groups in total. The quantitative estimate of drug-likeness (QED) is 0.919. The lowest BCUT2D eigenvalue weighted by molar-refractivity contribution is 0.0729. The summed E-state index contributed by atoms with van der Waals surface area (Å²) in [6.07, 6.45) is 5.17. The molecule has 1 aromatic carbocycles. The SMILES string of the molecule is Nc1nccnc1C(=O)N(Cc1ccc(F)cc1)CC1CC1. The number of halogens is 1. The maximum atomic E-state index is 13.0. The summed E-state index contributed by atoms with van der Waals surface area (Å²) >= 11 is 0. The van der Waals surface area contributed by atoms with Gasteiger partial charge in [0.1, 0.15) is 5.82 Å². The highest BCUT2D eigenvalue weighted by atomic mass is 19.1. The first-order valence-electron chi connectivity index (χ1n) is 7.23. The number of carbonyl (C=O) groups excluding carboxylic acids is 1. The van der Waals surface area contributed by atoms with Gasteiger partial charge in [0, 0.05) is 25.5 Å². The molecular formula is C16H17FN4O. The summed E-state index contributed by atoms with van der Waals surface area (Å²) in [6.45, 7) is 1.07. The molecule has 0 radical (unpaired) electrons. The lowest BCUT2D eigenvalue weighted by atomic mass is 10.2. The van der Waals surface area contributed by atoms with Crippen molar-refractivity contribution < 1.29 is 9.18 Å². The minimum atomic E-state index is -0.290. The predicted molar refractivity (Wildman–Crippen MR) is 80.3 cm³/mol. The molecule has 1 aliphatic carbocycles. The lowest BCUT2D eigenvalue weighted by Crippen LogP contribution is -2.33. The van der Waals surface area contributed by atoms with Crippen LogP contribution in [0.2, 0.25) is 0 Å². The van der Waals surface area contributed by atoms with Crippen LogP contribution in [0.25, 0.3) is 0 Å². The largest absolute Gasteiger partial charge is 0.382 e. The number of nitrogen functional groups attached to an aromatic ring is 1. The van der Waals surface area contributed by atoms with Crippen molar-refractivity contribution >= 4 is 11.7 Å². The number of hydrogen-bond donors (Lipinski definition) is 1. The second kappa shape index (κ2) is 6.09. The van der Waals surface area contributed by atoms with E-state index < -0.39 is 0 Å². The van der Waals surface area contributed by atoms with E-state index in [1.165, 1.54) is 24.5 Å². The molecule has 2 aromatic rings. The van der Waals surface area contributed by atoms with E-state index in [1.54, 1.807) is 17.0 Å². The Hall–Kier alpha value is -2.50. The number of nitrogens with two attached hydrogens (primary N) is 1. The van der Waals surface area contributed by atoms with Crippen LogP contribution < -0.4 is 5.73 Å². The lowest BCUT2D eigenvalue weighted by Gasteiger charge is -2.22. The van der Waals surface area contributed by atoms with Crippen LogP contribution in [-0.2, 0) is 6.54 Å². The highest BCUT2D eigenvalue weighted by Crippen LogP contribution is 2.30. The van der Waals surface area contributed by atoms with Gasteiger partial charge in [-0.05, 0) is 36.5 Å². The normalized spacial score (nSPS) is 13.9. The van der Waals surface area contributed by atoms with Crippen molar-refractivity contribution in [3.8, 4) is 0 Å². The van der Waals surface area contributed by atoms with Gasteiger partial charge < -0.3 is 10.6 Å². The summed E-state index contributed by atoms with van der Waals surface area (Å²) in [5.41, 5.74) is 6.79. The number of hydrogen-bond acceptors (Lipinski definition) is 4. The number of aromatic nitrogens is 2. The fraction of sp³-hybridized carbons (Fsp3) is 0.312.